The molecule has 22 heavy (non-hydrogen) atoms. The largest absolute Gasteiger partial charge is 0.494 e. The van der Waals surface area contributed by atoms with Crippen LogP contribution in [0.4, 0.5) is 0 Å². The highest BCUT2D eigenvalue weighted by atomic mass is 16.5. The lowest BCUT2D eigenvalue weighted by Gasteiger charge is -2.18. The van der Waals surface area contributed by atoms with Crippen molar-refractivity contribution in [1.29, 1.82) is 0 Å². The van der Waals surface area contributed by atoms with E-state index in [1.165, 1.54) is 7.11 Å². The summed E-state index contributed by atoms with van der Waals surface area (Å²) in [6, 6.07) is 11.2. The minimum atomic E-state index is -0.126. The van der Waals surface area contributed by atoms with Gasteiger partial charge in [0.25, 0.3) is 5.91 Å². The van der Waals surface area contributed by atoms with E-state index in [2.05, 4.69) is 4.98 Å². The van der Waals surface area contributed by atoms with Crippen molar-refractivity contribution in [3.8, 4) is 11.6 Å². The number of methoxy groups -OCH3 is 1. The zero-order valence-electron chi connectivity index (χ0n) is 13.1. The molecule has 0 fully saturated rings. The van der Waals surface area contributed by atoms with Gasteiger partial charge in [0.2, 0.25) is 5.88 Å². The van der Waals surface area contributed by atoms with Gasteiger partial charge in [-0.25, -0.2) is 4.98 Å². The van der Waals surface area contributed by atoms with Gasteiger partial charge in [0.15, 0.2) is 0 Å². The van der Waals surface area contributed by atoms with E-state index in [4.69, 9.17) is 9.47 Å². The first-order valence-corrected chi connectivity index (χ1v) is 7.12. The molecule has 1 heterocycles. The predicted octanol–water partition coefficient (Wildman–Crippen LogP) is 2.76. The van der Waals surface area contributed by atoms with Crippen molar-refractivity contribution in [2.75, 3.05) is 20.8 Å². The molecule has 0 saturated carbocycles. The first-order valence-electron chi connectivity index (χ1n) is 7.12. The van der Waals surface area contributed by atoms with E-state index in [1.807, 2.05) is 31.2 Å². The molecule has 5 heteroatoms. The fourth-order valence-electron chi connectivity index (χ4n) is 2.13. The second-order valence-corrected chi connectivity index (χ2v) is 4.80. The number of pyridine rings is 1. The Morgan fingerprint density at radius 3 is 2.59 bits per heavy atom. The summed E-state index contributed by atoms with van der Waals surface area (Å²) in [7, 11) is 3.26. The van der Waals surface area contributed by atoms with E-state index < -0.39 is 0 Å². The van der Waals surface area contributed by atoms with Crippen molar-refractivity contribution in [2.24, 2.45) is 0 Å². The second-order valence-electron chi connectivity index (χ2n) is 4.80. The lowest BCUT2D eigenvalue weighted by Crippen LogP contribution is -2.26. The quantitative estimate of drug-likeness (QED) is 0.823. The summed E-state index contributed by atoms with van der Waals surface area (Å²) in [5, 5.41) is 0. The Bertz CT molecular complexity index is 626. The van der Waals surface area contributed by atoms with Crippen LogP contribution >= 0.6 is 0 Å². The molecule has 2 aromatic rings. The topological polar surface area (TPSA) is 51.7 Å². The summed E-state index contributed by atoms with van der Waals surface area (Å²) < 4.78 is 10.5. The summed E-state index contributed by atoms with van der Waals surface area (Å²) in [6.07, 6.45) is 1.60. The van der Waals surface area contributed by atoms with Crippen LogP contribution in [-0.4, -0.2) is 36.6 Å². The lowest BCUT2D eigenvalue weighted by atomic mass is 10.2. The van der Waals surface area contributed by atoms with Crippen LogP contribution in [0.15, 0.2) is 42.6 Å². The molecular weight excluding hydrogens is 280 g/mol. The van der Waals surface area contributed by atoms with Gasteiger partial charge in [-0.05, 0) is 36.8 Å². The molecule has 1 aromatic heterocycles. The molecule has 0 aliphatic heterocycles. The number of amides is 1. The molecule has 0 aliphatic carbocycles. The van der Waals surface area contributed by atoms with Crippen molar-refractivity contribution >= 4 is 5.91 Å². The Morgan fingerprint density at radius 1 is 1.23 bits per heavy atom. The molecule has 2 rings (SSSR count). The molecule has 1 amide bonds. The summed E-state index contributed by atoms with van der Waals surface area (Å²) in [6.45, 7) is 3.09. The summed E-state index contributed by atoms with van der Waals surface area (Å²) in [5.74, 6) is 1.04. The van der Waals surface area contributed by atoms with E-state index in [9.17, 15) is 4.79 Å². The Kier molecular flexibility index (Phi) is 5.36. The van der Waals surface area contributed by atoms with Crippen LogP contribution in [0.25, 0.3) is 0 Å². The lowest BCUT2D eigenvalue weighted by molar-refractivity contribution is 0.0781. The number of ether oxygens (including phenoxy) is 2. The maximum Gasteiger partial charge on any atom is 0.259 e. The Balaban J connectivity index is 2.07. The maximum atomic E-state index is 12.5. The molecular formula is C17H20N2O3. The fourth-order valence-corrected chi connectivity index (χ4v) is 2.13. The predicted molar refractivity (Wildman–Crippen MR) is 84.2 cm³/mol. The van der Waals surface area contributed by atoms with Gasteiger partial charge in [-0.3, -0.25) is 4.79 Å². The number of benzene rings is 1. The van der Waals surface area contributed by atoms with E-state index in [1.54, 1.807) is 30.3 Å². The average Bonchev–Trinajstić information content (AvgIpc) is 2.56. The van der Waals surface area contributed by atoms with Crippen molar-refractivity contribution in [1.82, 2.24) is 9.88 Å². The van der Waals surface area contributed by atoms with Gasteiger partial charge < -0.3 is 14.4 Å². The van der Waals surface area contributed by atoms with Gasteiger partial charge in [-0.2, -0.15) is 0 Å². The number of hydrogen-bond donors (Lipinski definition) is 0. The smallest absolute Gasteiger partial charge is 0.259 e. The van der Waals surface area contributed by atoms with Crippen LogP contribution in [0.2, 0.25) is 0 Å². The molecule has 0 atom stereocenters. The van der Waals surface area contributed by atoms with E-state index in [0.29, 0.717) is 24.6 Å². The Morgan fingerprint density at radius 2 is 1.95 bits per heavy atom. The van der Waals surface area contributed by atoms with Crippen molar-refractivity contribution in [3.05, 3.63) is 53.7 Å². The van der Waals surface area contributed by atoms with Gasteiger partial charge in [-0.1, -0.05) is 12.1 Å². The minimum Gasteiger partial charge on any atom is -0.494 e. The van der Waals surface area contributed by atoms with Crippen molar-refractivity contribution in [2.45, 2.75) is 13.5 Å². The third kappa shape index (κ3) is 3.75. The van der Waals surface area contributed by atoms with Crippen LogP contribution in [0.5, 0.6) is 11.6 Å². The maximum absolute atomic E-state index is 12.5. The summed E-state index contributed by atoms with van der Waals surface area (Å²) in [4.78, 5) is 18.2. The molecule has 0 saturated heterocycles. The molecule has 5 nitrogen and oxygen atoms in total. The third-order valence-corrected chi connectivity index (χ3v) is 3.20. The number of hydrogen-bond acceptors (Lipinski definition) is 4. The Hall–Kier alpha value is -2.56. The fraction of sp³-hybridized carbons (Fsp3) is 0.294. The number of aromatic nitrogens is 1. The van der Waals surface area contributed by atoms with Crippen molar-refractivity contribution < 1.29 is 14.3 Å². The number of carbonyl (C=O) groups excluding carboxylic acids is 1. The Labute approximate surface area is 130 Å². The van der Waals surface area contributed by atoms with Gasteiger partial charge in [0.1, 0.15) is 11.3 Å². The van der Waals surface area contributed by atoms with E-state index in [-0.39, 0.29) is 5.91 Å². The second kappa shape index (κ2) is 7.45. The first kappa shape index (κ1) is 15.8. The number of rotatable bonds is 6. The summed E-state index contributed by atoms with van der Waals surface area (Å²) in [5.41, 5.74) is 1.49. The molecule has 0 radical (unpaired) electrons. The van der Waals surface area contributed by atoms with Crippen LogP contribution in [0.3, 0.4) is 0 Å². The van der Waals surface area contributed by atoms with Crippen molar-refractivity contribution in [3.63, 3.8) is 0 Å². The van der Waals surface area contributed by atoms with Crippen LogP contribution < -0.4 is 9.47 Å². The minimum absolute atomic E-state index is 0.126. The number of nitrogens with zero attached hydrogens (tertiary/aromatic N) is 2. The molecule has 0 N–H and O–H groups in total. The standard InChI is InChI=1S/C17H20N2O3/c1-4-22-14-9-7-13(8-10-14)12-19(2)17(20)15-6-5-11-18-16(15)21-3/h5-11H,4,12H2,1-3H3. The first-order chi connectivity index (χ1) is 10.7. The molecule has 0 unspecified atom stereocenters. The van der Waals surface area contributed by atoms with Crippen LogP contribution in [0.1, 0.15) is 22.8 Å². The van der Waals surface area contributed by atoms with Gasteiger partial charge in [-0.15, -0.1) is 0 Å². The monoisotopic (exact) mass is 300 g/mol. The molecule has 1 aromatic carbocycles. The third-order valence-electron chi connectivity index (χ3n) is 3.20. The highest BCUT2D eigenvalue weighted by Gasteiger charge is 2.17. The van der Waals surface area contributed by atoms with Gasteiger partial charge in [0, 0.05) is 19.8 Å². The normalized spacial score (nSPS) is 10.1. The molecule has 0 bridgehead atoms. The molecule has 0 aliphatic rings. The highest BCUT2D eigenvalue weighted by molar-refractivity contribution is 5.96. The van der Waals surface area contributed by atoms with Gasteiger partial charge >= 0.3 is 0 Å². The molecule has 0 spiro atoms. The summed E-state index contributed by atoms with van der Waals surface area (Å²) >= 11 is 0. The van der Waals surface area contributed by atoms with E-state index in [0.717, 1.165) is 11.3 Å². The highest BCUT2D eigenvalue weighted by Crippen LogP contribution is 2.18. The zero-order chi connectivity index (χ0) is 15.9. The van der Waals surface area contributed by atoms with Gasteiger partial charge in [0.05, 0.1) is 13.7 Å². The van der Waals surface area contributed by atoms with Crippen LogP contribution in [0, 0.1) is 0 Å². The van der Waals surface area contributed by atoms with Crippen LogP contribution in [-0.2, 0) is 6.54 Å². The SMILES string of the molecule is CCOc1ccc(CN(C)C(=O)c2cccnc2OC)cc1. The zero-order valence-corrected chi connectivity index (χ0v) is 13.1. The number of carbonyl (C=O) groups is 1. The van der Waals surface area contributed by atoms with E-state index >= 15 is 0 Å². The molecule has 116 valence electrons. The average molecular weight is 300 g/mol.